The molecule has 2 aromatic rings. The van der Waals surface area contributed by atoms with E-state index >= 15 is 0 Å². The second-order valence-corrected chi connectivity index (χ2v) is 4.49. The average molecular weight is 292 g/mol. The minimum Gasteiger partial charge on any atom is -0.496 e. The lowest BCUT2D eigenvalue weighted by atomic mass is 10.1. The Kier molecular flexibility index (Phi) is 4.52. The highest BCUT2D eigenvalue weighted by Gasteiger charge is 2.13. The van der Waals surface area contributed by atoms with Crippen LogP contribution in [0.1, 0.15) is 15.9 Å². The molecule has 0 aromatic heterocycles. The number of halogens is 2. The van der Waals surface area contributed by atoms with Gasteiger partial charge < -0.3 is 9.47 Å². The summed E-state index contributed by atoms with van der Waals surface area (Å²) in [6.07, 6.45) is 0. The molecule has 0 amide bonds. The summed E-state index contributed by atoms with van der Waals surface area (Å²) in [5.74, 6) is -1.75. The molecule has 0 fully saturated rings. The second kappa shape index (κ2) is 6.35. The van der Waals surface area contributed by atoms with E-state index in [1.807, 2.05) is 6.92 Å². The lowest BCUT2D eigenvalue weighted by Crippen LogP contribution is -2.13. The van der Waals surface area contributed by atoms with Crippen molar-refractivity contribution < 1.29 is 23.0 Å². The maximum Gasteiger partial charge on any atom is 0.203 e. The first-order valence-electron chi connectivity index (χ1n) is 6.27. The molecule has 0 aliphatic rings. The lowest BCUT2D eigenvalue weighted by Gasteiger charge is -2.10. The Balaban J connectivity index is 2.09. The van der Waals surface area contributed by atoms with Gasteiger partial charge in [0.05, 0.1) is 12.7 Å². The normalized spacial score (nSPS) is 10.3. The number of carbonyl (C=O) groups is 1. The molecule has 0 saturated carbocycles. The van der Waals surface area contributed by atoms with Crippen LogP contribution in [0.2, 0.25) is 0 Å². The van der Waals surface area contributed by atoms with E-state index in [-0.39, 0.29) is 18.1 Å². The molecule has 0 radical (unpaired) electrons. The topological polar surface area (TPSA) is 35.5 Å². The first-order valence-corrected chi connectivity index (χ1v) is 6.27. The van der Waals surface area contributed by atoms with Crippen LogP contribution < -0.4 is 9.47 Å². The summed E-state index contributed by atoms with van der Waals surface area (Å²) in [7, 11) is 1.47. The van der Waals surface area contributed by atoms with Gasteiger partial charge >= 0.3 is 0 Å². The van der Waals surface area contributed by atoms with E-state index in [1.54, 1.807) is 18.2 Å². The minimum absolute atomic E-state index is 0.0910. The highest BCUT2D eigenvalue weighted by atomic mass is 19.2. The average Bonchev–Trinajstić information content (AvgIpc) is 2.48. The van der Waals surface area contributed by atoms with Gasteiger partial charge in [0.25, 0.3) is 0 Å². The van der Waals surface area contributed by atoms with Crippen molar-refractivity contribution in [3.8, 4) is 11.5 Å². The van der Waals surface area contributed by atoms with Gasteiger partial charge in [0.1, 0.15) is 11.5 Å². The molecular weight excluding hydrogens is 278 g/mol. The van der Waals surface area contributed by atoms with Gasteiger partial charge in [0, 0.05) is 6.07 Å². The zero-order valence-corrected chi connectivity index (χ0v) is 11.7. The highest BCUT2D eigenvalue weighted by Crippen LogP contribution is 2.21. The largest absolute Gasteiger partial charge is 0.496 e. The number of benzene rings is 2. The van der Waals surface area contributed by atoms with Gasteiger partial charge in [-0.15, -0.1) is 0 Å². The van der Waals surface area contributed by atoms with Crippen LogP contribution in [0.3, 0.4) is 0 Å². The molecule has 3 nitrogen and oxygen atoms in total. The summed E-state index contributed by atoms with van der Waals surface area (Å²) in [4.78, 5) is 12.1. The maximum absolute atomic E-state index is 13.0. The number of ketones is 1. The summed E-state index contributed by atoms with van der Waals surface area (Å²) >= 11 is 0. The molecule has 2 rings (SSSR count). The molecule has 0 spiro atoms. The molecule has 0 bridgehead atoms. The van der Waals surface area contributed by atoms with E-state index in [9.17, 15) is 13.6 Å². The van der Waals surface area contributed by atoms with E-state index in [0.29, 0.717) is 11.3 Å². The number of hydrogen-bond acceptors (Lipinski definition) is 3. The van der Waals surface area contributed by atoms with Gasteiger partial charge in [-0.25, -0.2) is 8.78 Å². The van der Waals surface area contributed by atoms with Crippen molar-refractivity contribution in [2.75, 3.05) is 13.7 Å². The lowest BCUT2D eigenvalue weighted by molar-refractivity contribution is 0.0918. The SMILES string of the molecule is COc1cc(C)ccc1C(=O)COc1ccc(F)c(F)c1. The number of Topliss-reactive ketones (excluding diaryl/α,β-unsaturated/α-hetero) is 1. The van der Waals surface area contributed by atoms with E-state index in [2.05, 4.69) is 0 Å². The third kappa shape index (κ3) is 3.56. The summed E-state index contributed by atoms with van der Waals surface area (Å²) in [5.41, 5.74) is 1.34. The standard InChI is InChI=1S/C16H14F2O3/c1-10-3-5-12(16(7-10)20-2)15(19)9-21-11-4-6-13(17)14(18)8-11/h3-8H,9H2,1-2H3. The second-order valence-electron chi connectivity index (χ2n) is 4.49. The Morgan fingerprint density at radius 2 is 1.86 bits per heavy atom. The molecule has 21 heavy (non-hydrogen) atoms. The van der Waals surface area contributed by atoms with Crippen LogP contribution in [0.5, 0.6) is 11.5 Å². The summed E-state index contributed by atoms with van der Waals surface area (Å²) < 4.78 is 36.1. The Morgan fingerprint density at radius 1 is 1.10 bits per heavy atom. The van der Waals surface area contributed by atoms with Crippen LogP contribution in [0.25, 0.3) is 0 Å². The Labute approximate surface area is 121 Å². The number of aryl methyl sites for hydroxylation is 1. The van der Waals surface area contributed by atoms with E-state index in [4.69, 9.17) is 9.47 Å². The summed E-state index contributed by atoms with van der Waals surface area (Å²) in [5, 5.41) is 0. The van der Waals surface area contributed by atoms with Gasteiger partial charge in [0.2, 0.25) is 5.78 Å². The van der Waals surface area contributed by atoms with E-state index < -0.39 is 11.6 Å². The van der Waals surface area contributed by atoms with Crippen LogP contribution in [-0.4, -0.2) is 19.5 Å². The first kappa shape index (κ1) is 15.0. The van der Waals surface area contributed by atoms with Crippen molar-refractivity contribution in [2.24, 2.45) is 0 Å². The van der Waals surface area contributed by atoms with Crippen molar-refractivity contribution >= 4 is 5.78 Å². The molecule has 0 unspecified atom stereocenters. The molecule has 0 aliphatic carbocycles. The number of ether oxygens (including phenoxy) is 2. The zero-order chi connectivity index (χ0) is 15.4. The molecule has 0 aliphatic heterocycles. The monoisotopic (exact) mass is 292 g/mol. The molecule has 110 valence electrons. The molecule has 0 N–H and O–H groups in total. The summed E-state index contributed by atoms with van der Waals surface area (Å²) in [6.45, 7) is 1.60. The Bertz CT molecular complexity index is 669. The van der Waals surface area contributed by atoms with Gasteiger partial charge in [-0.1, -0.05) is 6.07 Å². The fraction of sp³-hybridized carbons (Fsp3) is 0.188. The minimum atomic E-state index is -1.02. The predicted molar refractivity (Wildman–Crippen MR) is 73.9 cm³/mol. The third-order valence-corrected chi connectivity index (χ3v) is 2.92. The Morgan fingerprint density at radius 3 is 2.52 bits per heavy atom. The van der Waals surface area contributed by atoms with Crippen LogP contribution in [0.4, 0.5) is 8.78 Å². The van der Waals surface area contributed by atoms with Crippen LogP contribution in [0, 0.1) is 18.6 Å². The van der Waals surface area contributed by atoms with Gasteiger partial charge in [0.15, 0.2) is 18.2 Å². The predicted octanol–water partition coefficient (Wildman–Crippen LogP) is 3.54. The van der Waals surface area contributed by atoms with Crippen LogP contribution in [0.15, 0.2) is 36.4 Å². The molecule has 2 aromatic carbocycles. The van der Waals surface area contributed by atoms with Crippen molar-refractivity contribution in [3.05, 3.63) is 59.2 Å². The van der Waals surface area contributed by atoms with E-state index in [1.165, 1.54) is 13.2 Å². The number of carbonyl (C=O) groups excluding carboxylic acids is 1. The van der Waals surface area contributed by atoms with Crippen LogP contribution >= 0.6 is 0 Å². The van der Waals surface area contributed by atoms with E-state index in [0.717, 1.165) is 17.7 Å². The van der Waals surface area contributed by atoms with Gasteiger partial charge in [-0.3, -0.25) is 4.79 Å². The zero-order valence-electron chi connectivity index (χ0n) is 11.7. The van der Waals surface area contributed by atoms with Crippen LogP contribution in [-0.2, 0) is 0 Å². The smallest absolute Gasteiger partial charge is 0.203 e. The highest BCUT2D eigenvalue weighted by molar-refractivity contribution is 5.99. The molecule has 0 atom stereocenters. The van der Waals surface area contributed by atoms with Gasteiger partial charge in [-0.2, -0.15) is 0 Å². The quantitative estimate of drug-likeness (QED) is 0.791. The van der Waals surface area contributed by atoms with Crippen molar-refractivity contribution in [3.63, 3.8) is 0 Å². The molecule has 5 heteroatoms. The van der Waals surface area contributed by atoms with Gasteiger partial charge in [-0.05, 0) is 36.8 Å². The molecule has 0 saturated heterocycles. The number of methoxy groups -OCH3 is 1. The molecular formula is C16H14F2O3. The first-order chi connectivity index (χ1) is 10.0. The number of rotatable bonds is 5. The van der Waals surface area contributed by atoms with Crippen molar-refractivity contribution in [2.45, 2.75) is 6.92 Å². The Hall–Kier alpha value is -2.43. The number of hydrogen-bond donors (Lipinski definition) is 0. The fourth-order valence-corrected chi connectivity index (χ4v) is 1.82. The third-order valence-electron chi connectivity index (χ3n) is 2.92. The summed E-state index contributed by atoms with van der Waals surface area (Å²) in [6, 6.07) is 8.28. The molecule has 0 heterocycles. The fourth-order valence-electron chi connectivity index (χ4n) is 1.82. The maximum atomic E-state index is 13.0. The van der Waals surface area contributed by atoms with Crippen molar-refractivity contribution in [1.82, 2.24) is 0 Å². The van der Waals surface area contributed by atoms with Crippen molar-refractivity contribution in [1.29, 1.82) is 0 Å².